The molecule has 1 amide bonds. The van der Waals surface area contributed by atoms with E-state index in [0.29, 0.717) is 39.2 Å². The number of hydrogen-bond donors (Lipinski definition) is 1. The maximum atomic E-state index is 12.7. The molecule has 1 N–H and O–H groups in total. The van der Waals surface area contributed by atoms with Crippen LogP contribution in [0.15, 0.2) is 59.0 Å². The molecule has 0 fully saturated rings. The summed E-state index contributed by atoms with van der Waals surface area (Å²) in [5.41, 5.74) is 4.32. The number of fused-ring (bicyclic) bond motifs is 2. The number of anilines is 1. The number of halogens is 1. The topological polar surface area (TPSA) is 73.6 Å². The third-order valence-electron chi connectivity index (χ3n) is 4.96. The lowest BCUT2D eigenvalue weighted by molar-refractivity contribution is 0.102. The van der Waals surface area contributed by atoms with Crippen LogP contribution in [0.3, 0.4) is 0 Å². The predicted molar refractivity (Wildman–Crippen MR) is 114 cm³/mol. The molecule has 0 atom stereocenters. The van der Waals surface area contributed by atoms with Gasteiger partial charge in [-0.2, -0.15) is 0 Å². The number of carbonyl (C=O) groups is 1. The summed E-state index contributed by atoms with van der Waals surface area (Å²) in [6.45, 7) is 2.25. The van der Waals surface area contributed by atoms with Gasteiger partial charge in [0.25, 0.3) is 5.91 Å². The third kappa shape index (κ3) is 3.35. The van der Waals surface area contributed by atoms with Gasteiger partial charge in [0.2, 0.25) is 12.7 Å². The number of nitrogens with zero attached hydrogens (tertiary/aromatic N) is 1. The second-order valence-electron chi connectivity index (χ2n) is 6.89. The number of aryl methyl sites for hydroxylation is 1. The Morgan fingerprint density at radius 3 is 2.80 bits per heavy atom. The van der Waals surface area contributed by atoms with E-state index in [0.717, 1.165) is 17.5 Å². The van der Waals surface area contributed by atoms with Crippen LogP contribution in [0.1, 0.15) is 22.8 Å². The lowest BCUT2D eigenvalue weighted by atomic mass is 10.1. The smallest absolute Gasteiger partial charge is 0.255 e. The molecule has 0 radical (unpaired) electrons. The van der Waals surface area contributed by atoms with Crippen molar-refractivity contribution in [1.82, 2.24) is 4.98 Å². The molecule has 0 saturated heterocycles. The molecule has 150 valence electrons. The van der Waals surface area contributed by atoms with Crippen molar-refractivity contribution < 1.29 is 18.7 Å². The Labute approximate surface area is 177 Å². The Balaban J connectivity index is 1.44. The van der Waals surface area contributed by atoms with E-state index in [1.165, 1.54) is 5.56 Å². The van der Waals surface area contributed by atoms with Gasteiger partial charge in [-0.05, 0) is 60.5 Å². The van der Waals surface area contributed by atoms with E-state index >= 15 is 0 Å². The lowest BCUT2D eigenvalue weighted by Gasteiger charge is -2.09. The summed E-state index contributed by atoms with van der Waals surface area (Å²) in [5.74, 6) is 1.32. The summed E-state index contributed by atoms with van der Waals surface area (Å²) in [5, 5.41) is 3.26. The van der Waals surface area contributed by atoms with Gasteiger partial charge in [-0.3, -0.25) is 4.79 Å². The summed E-state index contributed by atoms with van der Waals surface area (Å²) >= 11 is 6.32. The first kappa shape index (κ1) is 18.5. The minimum atomic E-state index is -0.308. The quantitative estimate of drug-likeness (QED) is 0.459. The van der Waals surface area contributed by atoms with E-state index in [1.54, 1.807) is 30.3 Å². The molecule has 1 aromatic heterocycles. The van der Waals surface area contributed by atoms with Gasteiger partial charge in [-0.15, -0.1) is 0 Å². The van der Waals surface area contributed by atoms with Crippen LogP contribution in [0.5, 0.6) is 11.5 Å². The number of benzene rings is 3. The Morgan fingerprint density at radius 1 is 1.07 bits per heavy atom. The van der Waals surface area contributed by atoms with Crippen molar-refractivity contribution in [3.05, 3.63) is 70.7 Å². The molecule has 4 aromatic rings. The fraction of sp³-hybridized carbons (Fsp3) is 0.130. The summed E-state index contributed by atoms with van der Waals surface area (Å²) < 4.78 is 16.5. The van der Waals surface area contributed by atoms with Crippen molar-refractivity contribution in [1.29, 1.82) is 0 Å². The zero-order valence-electron chi connectivity index (χ0n) is 16.1. The van der Waals surface area contributed by atoms with Crippen molar-refractivity contribution in [2.75, 3.05) is 12.1 Å². The minimum Gasteiger partial charge on any atom is -0.454 e. The minimum absolute atomic E-state index is 0.151. The van der Waals surface area contributed by atoms with Crippen molar-refractivity contribution in [2.24, 2.45) is 0 Å². The number of aromatic nitrogens is 1. The number of oxazole rings is 1. The Morgan fingerprint density at radius 2 is 1.93 bits per heavy atom. The Hall–Kier alpha value is -3.51. The summed E-state index contributed by atoms with van der Waals surface area (Å²) in [6.07, 6.45) is 0.926. The molecule has 2 heterocycles. The van der Waals surface area contributed by atoms with Crippen LogP contribution in [-0.4, -0.2) is 17.7 Å². The largest absolute Gasteiger partial charge is 0.454 e. The molecule has 0 unspecified atom stereocenters. The van der Waals surface area contributed by atoms with Gasteiger partial charge in [0, 0.05) is 11.1 Å². The molecule has 3 aromatic carbocycles. The van der Waals surface area contributed by atoms with Gasteiger partial charge in [0.15, 0.2) is 17.1 Å². The van der Waals surface area contributed by atoms with E-state index in [1.807, 2.05) is 24.3 Å². The fourth-order valence-electron chi connectivity index (χ4n) is 3.30. The van der Waals surface area contributed by atoms with Crippen molar-refractivity contribution >= 4 is 34.3 Å². The molecule has 0 saturated carbocycles. The summed E-state index contributed by atoms with van der Waals surface area (Å²) in [6, 6.07) is 16.2. The van der Waals surface area contributed by atoms with E-state index < -0.39 is 0 Å². The normalized spacial score (nSPS) is 12.3. The van der Waals surface area contributed by atoms with Crippen LogP contribution >= 0.6 is 11.6 Å². The highest BCUT2D eigenvalue weighted by atomic mass is 35.5. The molecule has 7 heteroatoms. The summed E-state index contributed by atoms with van der Waals surface area (Å²) in [7, 11) is 0. The number of ether oxygens (including phenoxy) is 2. The zero-order valence-corrected chi connectivity index (χ0v) is 16.8. The molecule has 0 bridgehead atoms. The molecule has 6 nitrogen and oxygen atoms in total. The molecule has 5 rings (SSSR count). The van der Waals surface area contributed by atoms with Gasteiger partial charge in [-0.25, -0.2) is 4.98 Å². The van der Waals surface area contributed by atoms with Crippen molar-refractivity contribution in [2.45, 2.75) is 13.3 Å². The first-order chi connectivity index (χ1) is 14.6. The van der Waals surface area contributed by atoms with Gasteiger partial charge in [0.05, 0.1) is 10.7 Å². The second-order valence-corrected chi connectivity index (χ2v) is 7.30. The maximum Gasteiger partial charge on any atom is 0.255 e. The van der Waals surface area contributed by atoms with Gasteiger partial charge < -0.3 is 19.2 Å². The van der Waals surface area contributed by atoms with Crippen LogP contribution in [0.4, 0.5) is 5.69 Å². The predicted octanol–water partition coefficient (Wildman–Crippen LogP) is 5.69. The average molecular weight is 421 g/mol. The first-order valence-electron chi connectivity index (χ1n) is 9.51. The van der Waals surface area contributed by atoms with E-state index in [9.17, 15) is 4.79 Å². The van der Waals surface area contributed by atoms with Crippen molar-refractivity contribution in [3.63, 3.8) is 0 Å². The van der Waals surface area contributed by atoms with E-state index in [2.05, 4.69) is 17.2 Å². The second kappa shape index (κ2) is 7.39. The zero-order chi connectivity index (χ0) is 20.7. The number of nitrogens with one attached hydrogen (secondary N) is 1. The SMILES string of the molecule is CCc1ccc2oc(-c3ccc(Cl)c(NC(=O)c4ccc5c(c4)OCO5)c3)nc2c1. The van der Waals surface area contributed by atoms with E-state index in [4.69, 9.17) is 25.5 Å². The maximum absolute atomic E-state index is 12.7. The highest BCUT2D eigenvalue weighted by Gasteiger charge is 2.18. The first-order valence-corrected chi connectivity index (χ1v) is 9.89. The molecule has 1 aliphatic heterocycles. The highest BCUT2D eigenvalue weighted by Crippen LogP contribution is 2.34. The summed E-state index contributed by atoms with van der Waals surface area (Å²) in [4.78, 5) is 17.3. The fourth-order valence-corrected chi connectivity index (χ4v) is 3.47. The van der Waals surface area contributed by atoms with Gasteiger partial charge in [0.1, 0.15) is 5.52 Å². The standard InChI is InChI=1S/C23H17ClN2O4/c1-2-13-3-7-19-18(9-13)26-23(30-19)15-4-6-16(24)17(10-15)25-22(27)14-5-8-20-21(11-14)29-12-28-20/h3-11H,2,12H2,1H3,(H,25,27). The molecule has 0 spiro atoms. The van der Waals surface area contributed by atoms with E-state index in [-0.39, 0.29) is 12.7 Å². The Kier molecular flexibility index (Phi) is 4.56. The van der Waals surface area contributed by atoms with Crippen molar-refractivity contribution in [3.8, 4) is 23.0 Å². The van der Waals surface area contributed by atoms with Gasteiger partial charge in [-0.1, -0.05) is 24.6 Å². The number of rotatable bonds is 4. The molecular weight excluding hydrogens is 404 g/mol. The van der Waals surface area contributed by atoms with Crippen LogP contribution in [0, 0.1) is 0 Å². The third-order valence-corrected chi connectivity index (χ3v) is 5.29. The number of carbonyl (C=O) groups excluding carboxylic acids is 1. The molecule has 0 aliphatic carbocycles. The molecular formula is C23H17ClN2O4. The Bertz CT molecular complexity index is 1280. The monoisotopic (exact) mass is 420 g/mol. The van der Waals surface area contributed by atoms with Crippen LogP contribution < -0.4 is 14.8 Å². The van der Waals surface area contributed by atoms with Gasteiger partial charge >= 0.3 is 0 Å². The highest BCUT2D eigenvalue weighted by molar-refractivity contribution is 6.34. The average Bonchev–Trinajstić information content (AvgIpc) is 3.40. The molecule has 30 heavy (non-hydrogen) atoms. The van der Waals surface area contributed by atoms with Crippen LogP contribution in [-0.2, 0) is 6.42 Å². The lowest BCUT2D eigenvalue weighted by Crippen LogP contribution is -2.12. The van der Waals surface area contributed by atoms with Crippen LogP contribution in [0.2, 0.25) is 5.02 Å². The number of amides is 1. The number of hydrogen-bond acceptors (Lipinski definition) is 5. The molecule has 1 aliphatic rings. The van der Waals surface area contributed by atoms with Crippen LogP contribution in [0.25, 0.3) is 22.6 Å².